The maximum atomic E-state index is 11.7. The molecular formula is C13H21KO13. The van der Waals surface area contributed by atoms with Crippen LogP contribution in [0.5, 0.6) is 0 Å². The van der Waals surface area contributed by atoms with Crippen LogP contribution in [0.2, 0.25) is 0 Å². The molecule has 2 aliphatic rings. The summed E-state index contributed by atoms with van der Waals surface area (Å²) in [5.74, 6) is -8.30. The van der Waals surface area contributed by atoms with Crippen molar-refractivity contribution in [2.75, 3.05) is 19.8 Å². The normalized spacial score (nSPS) is 47.5. The fourth-order valence-corrected chi connectivity index (χ4v) is 2.94. The minimum atomic E-state index is -3.31. The average Bonchev–Trinajstić information content (AvgIpc) is 2.87. The minimum absolute atomic E-state index is 0. The number of carboxylic acids is 1. The van der Waals surface area contributed by atoms with Gasteiger partial charge in [0.05, 0.1) is 13.2 Å². The summed E-state index contributed by atoms with van der Waals surface area (Å²) >= 11 is 0. The molecule has 9 atom stereocenters. The Morgan fingerprint density at radius 2 is 1.41 bits per heavy atom. The molecule has 0 radical (unpaired) electrons. The van der Waals surface area contributed by atoms with Crippen LogP contribution in [0.1, 0.15) is 0 Å². The number of carbonyl (C=O) groups is 1. The van der Waals surface area contributed by atoms with Crippen molar-refractivity contribution in [2.45, 2.75) is 54.3 Å². The van der Waals surface area contributed by atoms with Crippen molar-refractivity contribution >= 4 is 5.97 Å². The molecule has 2 saturated heterocycles. The Bertz CT molecular complexity index is 520. The molecule has 152 valence electrons. The van der Waals surface area contributed by atoms with Crippen molar-refractivity contribution in [2.24, 2.45) is 0 Å². The Morgan fingerprint density at radius 1 is 0.889 bits per heavy atom. The van der Waals surface area contributed by atoms with E-state index in [-0.39, 0.29) is 51.4 Å². The second-order valence-electron chi connectivity index (χ2n) is 6.07. The van der Waals surface area contributed by atoms with E-state index in [1.165, 1.54) is 0 Å². The third-order valence-electron chi connectivity index (χ3n) is 4.47. The molecule has 0 aromatic rings. The van der Waals surface area contributed by atoms with E-state index in [4.69, 9.17) is 19.3 Å². The van der Waals surface area contributed by atoms with Crippen LogP contribution >= 0.6 is 0 Å². The summed E-state index contributed by atoms with van der Waals surface area (Å²) in [4.78, 5) is 11.7. The van der Waals surface area contributed by atoms with Crippen LogP contribution in [0, 0.1) is 0 Å². The van der Waals surface area contributed by atoms with Crippen molar-refractivity contribution in [3.8, 4) is 0 Å². The molecule has 2 fully saturated rings. The summed E-state index contributed by atoms with van der Waals surface area (Å²) < 4.78 is 14.9. The van der Waals surface area contributed by atoms with E-state index in [0.29, 0.717) is 0 Å². The molecule has 0 saturated carbocycles. The zero-order valence-electron chi connectivity index (χ0n) is 14.3. The van der Waals surface area contributed by atoms with Gasteiger partial charge in [-0.25, -0.2) is 0 Å². The Balaban J connectivity index is 0.00000364. The molecule has 0 bridgehead atoms. The molecule has 2 rings (SSSR count). The first kappa shape index (κ1) is 25.7. The van der Waals surface area contributed by atoms with Gasteiger partial charge in [0.25, 0.3) is 0 Å². The van der Waals surface area contributed by atoms with Gasteiger partial charge < -0.3 is 65.0 Å². The maximum Gasteiger partial charge on any atom is 1.00 e. The quantitative estimate of drug-likeness (QED) is 0.185. The second kappa shape index (κ2) is 9.65. The third-order valence-corrected chi connectivity index (χ3v) is 4.47. The van der Waals surface area contributed by atoms with E-state index in [1.807, 2.05) is 0 Å². The zero-order chi connectivity index (χ0) is 19.9. The zero-order valence-corrected chi connectivity index (χ0v) is 17.4. The molecule has 13 nitrogen and oxygen atoms in total. The van der Waals surface area contributed by atoms with Crippen molar-refractivity contribution in [1.29, 1.82) is 0 Å². The SMILES string of the molecule is O=C([O-])[C@@]1(OC2(CO)O[C@H](CO)[C@@H](O)[C@@H]2O)O[C@H](CO)[C@@H](O)[C@H](O)[C@H]1O.[K+]. The summed E-state index contributed by atoms with van der Waals surface area (Å²) in [7, 11) is 0. The number of aliphatic hydroxyl groups excluding tert-OH is 8. The third kappa shape index (κ3) is 4.27. The van der Waals surface area contributed by atoms with Gasteiger partial charge in [-0.05, 0) is 0 Å². The maximum absolute atomic E-state index is 11.7. The molecule has 2 heterocycles. The molecule has 8 N–H and O–H groups in total. The number of aliphatic hydroxyl groups is 8. The van der Waals surface area contributed by atoms with Gasteiger partial charge in [-0.1, -0.05) is 0 Å². The molecular weight excluding hydrogens is 403 g/mol. The fourth-order valence-electron chi connectivity index (χ4n) is 2.94. The minimum Gasteiger partial charge on any atom is -0.544 e. The van der Waals surface area contributed by atoms with Gasteiger partial charge in [-0.15, -0.1) is 0 Å². The van der Waals surface area contributed by atoms with Gasteiger partial charge >= 0.3 is 51.4 Å². The van der Waals surface area contributed by atoms with Crippen LogP contribution in [-0.2, 0) is 19.0 Å². The predicted molar refractivity (Wildman–Crippen MR) is 72.6 cm³/mol. The summed E-state index contributed by atoms with van der Waals surface area (Å²) in [6.07, 6.45) is -13.7. The molecule has 0 amide bonds. The number of hydrogen-bond acceptors (Lipinski definition) is 13. The van der Waals surface area contributed by atoms with Crippen LogP contribution in [0.4, 0.5) is 0 Å². The smallest absolute Gasteiger partial charge is 0.544 e. The number of carboxylic acid groups (broad SMARTS) is 1. The van der Waals surface area contributed by atoms with Gasteiger partial charge in [0, 0.05) is 0 Å². The molecule has 1 unspecified atom stereocenters. The molecule has 0 aromatic heterocycles. The fraction of sp³-hybridized carbons (Fsp3) is 0.923. The van der Waals surface area contributed by atoms with Crippen LogP contribution < -0.4 is 56.5 Å². The summed E-state index contributed by atoms with van der Waals surface area (Å²) in [6.45, 7) is -3.11. The number of ether oxygens (including phenoxy) is 3. The summed E-state index contributed by atoms with van der Waals surface area (Å²) in [5, 5.41) is 89.1. The van der Waals surface area contributed by atoms with Crippen molar-refractivity contribution in [3.05, 3.63) is 0 Å². The predicted octanol–water partition coefficient (Wildman–Crippen LogP) is -10.3. The molecule has 0 spiro atoms. The van der Waals surface area contributed by atoms with E-state index in [2.05, 4.69) is 0 Å². The number of carbonyl (C=O) groups excluding carboxylic acids is 1. The number of aliphatic carboxylic acids is 1. The van der Waals surface area contributed by atoms with E-state index in [1.54, 1.807) is 0 Å². The standard InChI is InChI=1S/C13H22O13.K/c14-1-4-6(17)8(19)10(21)13(25-4,11(22)23)26-12(3-16)9(20)7(18)5(2-15)24-12;/h4-10,14-21H,1-3H2,(H,22,23);/q;+1/p-1/t4-,5-,6-,7-,8+,9+,10-,12?,13-;/m1./s1. The van der Waals surface area contributed by atoms with Crippen molar-refractivity contribution < 1.29 is 116 Å². The van der Waals surface area contributed by atoms with Gasteiger partial charge in [-0.3, -0.25) is 0 Å². The van der Waals surface area contributed by atoms with Gasteiger partial charge in [0.1, 0.15) is 55.3 Å². The first-order valence-corrected chi connectivity index (χ1v) is 7.60. The van der Waals surface area contributed by atoms with E-state index in [9.17, 15) is 45.6 Å². The average molecular weight is 424 g/mol. The van der Waals surface area contributed by atoms with E-state index in [0.717, 1.165) is 0 Å². The Kier molecular flexibility index (Phi) is 9.19. The molecule has 27 heavy (non-hydrogen) atoms. The Labute approximate surface area is 195 Å². The van der Waals surface area contributed by atoms with Gasteiger partial charge in [0.15, 0.2) is 0 Å². The van der Waals surface area contributed by atoms with Crippen LogP contribution in [0.15, 0.2) is 0 Å². The first-order chi connectivity index (χ1) is 12.1. The topological polar surface area (TPSA) is 230 Å². The Hall–Kier alpha value is 0.666. The van der Waals surface area contributed by atoms with E-state index >= 15 is 0 Å². The largest absolute Gasteiger partial charge is 1.00 e. The summed E-state index contributed by atoms with van der Waals surface area (Å²) in [6, 6.07) is 0. The molecule has 2 aliphatic heterocycles. The van der Waals surface area contributed by atoms with Crippen molar-refractivity contribution in [3.63, 3.8) is 0 Å². The van der Waals surface area contributed by atoms with Crippen LogP contribution in [0.25, 0.3) is 0 Å². The van der Waals surface area contributed by atoms with Crippen molar-refractivity contribution in [1.82, 2.24) is 0 Å². The number of hydrogen-bond donors (Lipinski definition) is 8. The molecule has 14 heteroatoms. The number of rotatable bonds is 6. The Morgan fingerprint density at radius 3 is 1.81 bits per heavy atom. The van der Waals surface area contributed by atoms with Gasteiger partial charge in [-0.2, -0.15) is 0 Å². The summed E-state index contributed by atoms with van der Waals surface area (Å²) in [5.41, 5.74) is 0. The molecule has 0 aliphatic carbocycles. The second-order valence-corrected chi connectivity index (χ2v) is 6.07. The monoisotopic (exact) mass is 424 g/mol. The van der Waals surface area contributed by atoms with Crippen LogP contribution in [0.3, 0.4) is 0 Å². The van der Waals surface area contributed by atoms with Crippen LogP contribution in [-0.4, -0.2) is 121 Å². The molecule has 0 aromatic carbocycles. The first-order valence-electron chi connectivity index (χ1n) is 7.60. The van der Waals surface area contributed by atoms with Gasteiger partial charge in [0.2, 0.25) is 11.6 Å². The van der Waals surface area contributed by atoms with E-state index < -0.39 is 80.1 Å².